The van der Waals surface area contributed by atoms with Crippen LogP contribution in [0.15, 0.2) is 24.3 Å². The lowest BCUT2D eigenvalue weighted by molar-refractivity contribution is -0.121. The van der Waals surface area contributed by atoms with E-state index in [4.69, 9.17) is 10.5 Å². The summed E-state index contributed by atoms with van der Waals surface area (Å²) in [5, 5.41) is 2.90. The first-order valence-electron chi connectivity index (χ1n) is 7.04. The molecular formula is C15H23N3O2. The Kier molecular flexibility index (Phi) is 4.98. The highest BCUT2D eigenvalue weighted by molar-refractivity contribution is 5.97. The van der Waals surface area contributed by atoms with Crippen LogP contribution in [0, 0.1) is 0 Å². The molecule has 0 saturated carbocycles. The van der Waals surface area contributed by atoms with E-state index in [2.05, 4.69) is 10.2 Å². The molecule has 1 aliphatic rings. The van der Waals surface area contributed by atoms with Crippen molar-refractivity contribution < 1.29 is 9.53 Å². The fraction of sp³-hybridized carbons (Fsp3) is 0.533. The Morgan fingerprint density at radius 2 is 2.05 bits per heavy atom. The number of hydrogen-bond acceptors (Lipinski definition) is 4. The number of nitrogen functional groups attached to an aromatic ring is 1. The minimum absolute atomic E-state index is 0.0150. The number of nitrogens with zero attached hydrogens (tertiary/aromatic N) is 1. The SMILES string of the molecule is COC1CCN(C(C)C(=O)Nc2ccccc2N)CC1. The molecule has 20 heavy (non-hydrogen) atoms. The standard InChI is InChI=1S/C15H23N3O2/c1-11(18-9-7-12(20-2)8-10-18)15(19)17-14-6-4-3-5-13(14)16/h3-6,11-12H,7-10,16H2,1-2H3,(H,17,19). The Balaban J connectivity index is 1.91. The first-order chi connectivity index (χ1) is 9.61. The number of nitrogens with two attached hydrogens (primary N) is 1. The number of hydrogen-bond donors (Lipinski definition) is 2. The van der Waals surface area contributed by atoms with Crippen molar-refractivity contribution in [2.75, 3.05) is 31.2 Å². The number of rotatable bonds is 4. The zero-order valence-electron chi connectivity index (χ0n) is 12.1. The number of para-hydroxylation sites is 2. The van der Waals surface area contributed by atoms with Gasteiger partial charge in [-0.15, -0.1) is 0 Å². The number of ether oxygens (including phenoxy) is 1. The van der Waals surface area contributed by atoms with Gasteiger partial charge in [-0.3, -0.25) is 9.69 Å². The molecule has 1 amide bonds. The molecule has 0 bridgehead atoms. The Labute approximate surface area is 120 Å². The monoisotopic (exact) mass is 277 g/mol. The Hall–Kier alpha value is -1.59. The second kappa shape index (κ2) is 6.72. The molecule has 1 saturated heterocycles. The summed E-state index contributed by atoms with van der Waals surface area (Å²) in [5.74, 6) is -0.0150. The molecular weight excluding hydrogens is 254 g/mol. The van der Waals surface area contributed by atoms with Crippen molar-refractivity contribution in [2.24, 2.45) is 0 Å². The van der Waals surface area contributed by atoms with Gasteiger partial charge in [0.2, 0.25) is 5.91 Å². The predicted molar refractivity (Wildman–Crippen MR) is 80.6 cm³/mol. The number of benzene rings is 1. The molecule has 5 nitrogen and oxygen atoms in total. The fourth-order valence-electron chi connectivity index (χ4n) is 2.51. The predicted octanol–water partition coefficient (Wildman–Crippen LogP) is 1.71. The molecule has 1 aromatic rings. The maximum absolute atomic E-state index is 12.3. The third kappa shape index (κ3) is 3.49. The third-order valence-electron chi connectivity index (χ3n) is 3.96. The molecule has 1 unspecified atom stereocenters. The largest absolute Gasteiger partial charge is 0.397 e. The van der Waals surface area contributed by atoms with Gasteiger partial charge < -0.3 is 15.8 Å². The molecule has 1 fully saturated rings. The van der Waals surface area contributed by atoms with E-state index in [1.54, 1.807) is 13.2 Å². The third-order valence-corrected chi connectivity index (χ3v) is 3.96. The molecule has 1 heterocycles. The number of methoxy groups -OCH3 is 1. The van der Waals surface area contributed by atoms with Gasteiger partial charge in [-0.05, 0) is 31.9 Å². The van der Waals surface area contributed by atoms with Gasteiger partial charge in [0.15, 0.2) is 0 Å². The highest BCUT2D eigenvalue weighted by atomic mass is 16.5. The molecule has 3 N–H and O–H groups in total. The number of carbonyl (C=O) groups excluding carboxylic acids is 1. The Morgan fingerprint density at radius 3 is 2.65 bits per heavy atom. The van der Waals surface area contributed by atoms with Crippen molar-refractivity contribution in [1.29, 1.82) is 0 Å². The number of amides is 1. The average molecular weight is 277 g/mol. The lowest BCUT2D eigenvalue weighted by Crippen LogP contribution is -2.47. The fourth-order valence-corrected chi connectivity index (χ4v) is 2.51. The molecule has 5 heteroatoms. The van der Waals surface area contributed by atoms with Gasteiger partial charge in [-0.2, -0.15) is 0 Å². The Morgan fingerprint density at radius 1 is 1.40 bits per heavy atom. The van der Waals surface area contributed by atoms with Gasteiger partial charge in [0.1, 0.15) is 0 Å². The number of nitrogens with one attached hydrogen (secondary N) is 1. The summed E-state index contributed by atoms with van der Waals surface area (Å²) in [5.41, 5.74) is 7.10. The van der Waals surface area contributed by atoms with Crippen LogP contribution in [0.25, 0.3) is 0 Å². The summed E-state index contributed by atoms with van der Waals surface area (Å²) in [6, 6.07) is 7.15. The summed E-state index contributed by atoms with van der Waals surface area (Å²) in [6.07, 6.45) is 2.27. The van der Waals surface area contributed by atoms with Gasteiger partial charge >= 0.3 is 0 Å². The normalized spacial score (nSPS) is 18.7. The molecule has 2 rings (SSSR count). The highest BCUT2D eigenvalue weighted by Gasteiger charge is 2.26. The molecule has 0 aliphatic carbocycles. The van der Waals surface area contributed by atoms with Crippen LogP contribution in [-0.2, 0) is 9.53 Å². The van der Waals surface area contributed by atoms with Crippen molar-refractivity contribution in [3.8, 4) is 0 Å². The second-order valence-corrected chi connectivity index (χ2v) is 5.22. The molecule has 0 spiro atoms. The van der Waals surface area contributed by atoms with E-state index in [-0.39, 0.29) is 11.9 Å². The van der Waals surface area contributed by atoms with Crippen LogP contribution in [-0.4, -0.2) is 43.2 Å². The second-order valence-electron chi connectivity index (χ2n) is 5.22. The summed E-state index contributed by atoms with van der Waals surface area (Å²) in [4.78, 5) is 14.5. The van der Waals surface area contributed by atoms with E-state index < -0.39 is 0 Å². The van der Waals surface area contributed by atoms with Crippen LogP contribution in [0.1, 0.15) is 19.8 Å². The van der Waals surface area contributed by atoms with Gasteiger partial charge in [0.05, 0.1) is 23.5 Å². The van der Waals surface area contributed by atoms with Crippen LogP contribution < -0.4 is 11.1 Å². The van der Waals surface area contributed by atoms with Crippen LogP contribution >= 0.6 is 0 Å². The van der Waals surface area contributed by atoms with E-state index in [0.29, 0.717) is 17.5 Å². The van der Waals surface area contributed by atoms with Gasteiger partial charge in [-0.1, -0.05) is 12.1 Å². The summed E-state index contributed by atoms with van der Waals surface area (Å²) >= 11 is 0. The number of anilines is 2. The van der Waals surface area contributed by atoms with Crippen molar-refractivity contribution in [3.05, 3.63) is 24.3 Å². The van der Waals surface area contributed by atoms with E-state index in [1.165, 1.54) is 0 Å². The highest BCUT2D eigenvalue weighted by Crippen LogP contribution is 2.19. The van der Waals surface area contributed by atoms with Crippen molar-refractivity contribution in [3.63, 3.8) is 0 Å². The molecule has 1 aliphatic heterocycles. The first-order valence-corrected chi connectivity index (χ1v) is 7.04. The molecule has 1 aromatic carbocycles. The summed E-state index contributed by atoms with van der Waals surface area (Å²) in [7, 11) is 1.74. The topological polar surface area (TPSA) is 67.6 Å². The van der Waals surface area contributed by atoms with E-state index in [1.807, 2.05) is 25.1 Å². The maximum atomic E-state index is 12.3. The van der Waals surface area contributed by atoms with Crippen LogP contribution in [0.5, 0.6) is 0 Å². The van der Waals surface area contributed by atoms with Crippen LogP contribution in [0.2, 0.25) is 0 Å². The van der Waals surface area contributed by atoms with Gasteiger partial charge in [-0.25, -0.2) is 0 Å². The van der Waals surface area contributed by atoms with Gasteiger partial charge in [0, 0.05) is 20.2 Å². The number of likely N-dealkylation sites (tertiary alicyclic amines) is 1. The summed E-state index contributed by atoms with van der Waals surface area (Å²) < 4.78 is 5.35. The van der Waals surface area contributed by atoms with E-state index in [0.717, 1.165) is 25.9 Å². The quantitative estimate of drug-likeness (QED) is 0.822. The minimum Gasteiger partial charge on any atom is -0.397 e. The lowest BCUT2D eigenvalue weighted by Gasteiger charge is -2.34. The molecule has 0 aromatic heterocycles. The smallest absolute Gasteiger partial charge is 0.241 e. The van der Waals surface area contributed by atoms with Gasteiger partial charge in [0.25, 0.3) is 0 Å². The first kappa shape index (κ1) is 14.8. The van der Waals surface area contributed by atoms with Crippen molar-refractivity contribution >= 4 is 17.3 Å². The van der Waals surface area contributed by atoms with Crippen LogP contribution in [0.3, 0.4) is 0 Å². The van der Waals surface area contributed by atoms with Crippen LogP contribution in [0.4, 0.5) is 11.4 Å². The minimum atomic E-state index is -0.160. The van der Waals surface area contributed by atoms with E-state index in [9.17, 15) is 4.79 Å². The zero-order valence-corrected chi connectivity index (χ0v) is 12.1. The maximum Gasteiger partial charge on any atom is 0.241 e. The number of piperidine rings is 1. The summed E-state index contributed by atoms with van der Waals surface area (Å²) in [6.45, 7) is 3.70. The van der Waals surface area contributed by atoms with Crippen molar-refractivity contribution in [1.82, 2.24) is 4.90 Å². The van der Waals surface area contributed by atoms with Crippen molar-refractivity contribution in [2.45, 2.75) is 31.9 Å². The number of carbonyl (C=O) groups is 1. The van der Waals surface area contributed by atoms with E-state index >= 15 is 0 Å². The Bertz CT molecular complexity index is 456. The molecule has 0 radical (unpaired) electrons. The lowest BCUT2D eigenvalue weighted by atomic mass is 10.1. The molecule has 110 valence electrons. The molecule has 1 atom stereocenters. The zero-order chi connectivity index (χ0) is 14.5. The average Bonchev–Trinajstić information content (AvgIpc) is 2.49.